The molecule has 1 saturated carbocycles. The van der Waals surface area contributed by atoms with Crippen molar-refractivity contribution in [3.63, 3.8) is 0 Å². The molecule has 1 aliphatic carbocycles. The van der Waals surface area contributed by atoms with Crippen molar-refractivity contribution in [3.05, 3.63) is 35.9 Å². The summed E-state index contributed by atoms with van der Waals surface area (Å²) in [4.78, 5) is 14.2. The Balaban J connectivity index is 2.10. The third-order valence-electron chi connectivity index (χ3n) is 3.73. The van der Waals surface area contributed by atoms with E-state index < -0.39 is 9.84 Å². The number of sulfone groups is 1. The topological polar surface area (TPSA) is 63.7 Å². The van der Waals surface area contributed by atoms with E-state index in [-0.39, 0.29) is 23.7 Å². The van der Waals surface area contributed by atoms with Gasteiger partial charge in [0, 0.05) is 24.4 Å². The first-order valence-corrected chi connectivity index (χ1v) is 9.68. The van der Waals surface area contributed by atoms with Crippen molar-refractivity contribution in [2.75, 3.05) is 19.1 Å². The molecule has 1 fully saturated rings. The molecule has 0 saturated heterocycles. The van der Waals surface area contributed by atoms with Gasteiger partial charge in [0.05, 0.1) is 12.9 Å². The highest BCUT2D eigenvalue weighted by molar-refractivity contribution is 7.90. The van der Waals surface area contributed by atoms with E-state index in [1.807, 2.05) is 24.3 Å². The number of hydrogen-bond donors (Lipinski definition) is 0. The van der Waals surface area contributed by atoms with Gasteiger partial charge in [-0.15, -0.1) is 0 Å². The number of rotatable bonds is 7. The maximum absolute atomic E-state index is 12.5. The van der Waals surface area contributed by atoms with Gasteiger partial charge in [-0.3, -0.25) is 4.79 Å². The molecule has 0 heterocycles. The monoisotopic (exact) mass is 337 g/mol. The van der Waals surface area contributed by atoms with Crippen molar-refractivity contribution in [1.82, 2.24) is 4.90 Å². The lowest BCUT2D eigenvalue weighted by Crippen LogP contribution is -2.43. The number of nitrogens with zero attached hydrogens (tertiary/aromatic N) is 1. The quantitative estimate of drug-likeness (QED) is 0.715. The summed E-state index contributed by atoms with van der Waals surface area (Å²) in [5.74, 6) is 0.568. The molecule has 1 amide bonds. The van der Waals surface area contributed by atoms with E-state index in [9.17, 15) is 13.2 Å². The zero-order valence-electron chi connectivity index (χ0n) is 13.7. The lowest BCUT2D eigenvalue weighted by Gasteiger charge is -2.27. The Labute approximate surface area is 137 Å². The van der Waals surface area contributed by atoms with Crippen LogP contribution >= 0.6 is 0 Å². The third kappa shape index (κ3) is 5.39. The molecule has 1 atom stereocenters. The van der Waals surface area contributed by atoms with E-state index >= 15 is 0 Å². The Morgan fingerprint density at radius 1 is 1.43 bits per heavy atom. The second-order valence-electron chi connectivity index (χ2n) is 6.03. The molecule has 126 valence electrons. The lowest BCUT2D eigenvalue weighted by molar-refractivity contribution is -0.128. The van der Waals surface area contributed by atoms with E-state index in [0.29, 0.717) is 0 Å². The Bertz CT molecular complexity index is 692. The Morgan fingerprint density at radius 2 is 2.13 bits per heavy atom. The molecule has 0 aromatic heterocycles. The molecule has 0 spiro atoms. The Hall–Kier alpha value is -1.82. The molecule has 0 unspecified atom stereocenters. The minimum atomic E-state index is -3.12. The Morgan fingerprint density at radius 3 is 2.70 bits per heavy atom. The molecule has 2 rings (SSSR count). The zero-order valence-corrected chi connectivity index (χ0v) is 14.5. The molecule has 1 aromatic carbocycles. The van der Waals surface area contributed by atoms with Gasteiger partial charge in [-0.1, -0.05) is 12.1 Å². The highest BCUT2D eigenvalue weighted by atomic mass is 32.2. The first-order chi connectivity index (χ1) is 10.8. The van der Waals surface area contributed by atoms with Gasteiger partial charge in [-0.2, -0.15) is 0 Å². The number of hydrogen-bond acceptors (Lipinski definition) is 4. The van der Waals surface area contributed by atoms with E-state index in [1.165, 1.54) is 12.3 Å². The molecule has 5 nitrogen and oxygen atoms in total. The fourth-order valence-electron chi connectivity index (χ4n) is 2.63. The first-order valence-electron chi connectivity index (χ1n) is 7.62. The van der Waals surface area contributed by atoms with Crippen molar-refractivity contribution in [1.29, 1.82) is 0 Å². The van der Waals surface area contributed by atoms with Crippen LogP contribution in [0.1, 0.15) is 25.3 Å². The largest absolute Gasteiger partial charge is 0.497 e. The van der Waals surface area contributed by atoms with Gasteiger partial charge in [0.1, 0.15) is 15.6 Å². The van der Waals surface area contributed by atoms with Crippen molar-refractivity contribution in [3.8, 4) is 5.75 Å². The van der Waals surface area contributed by atoms with Gasteiger partial charge in [0.25, 0.3) is 0 Å². The molecule has 0 aliphatic heterocycles. The molecule has 0 N–H and O–H groups in total. The van der Waals surface area contributed by atoms with Crippen LogP contribution in [0.4, 0.5) is 0 Å². The van der Waals surface area contributed by atoms with Crippen LogP contribution < -0.4 is 4.74 Å². The van der Waals surface area contributed by atoms with E-state index in [1.54, 1.807) is 25.0 Å². The van der Waals surface area contributed by atoms with E-state index in [4.69, 9.17) is 4.74 Å². The molecule has 0 bridgehead atoms. The normalized spacial score (nSPS) is 16.3. The average Bonchev–Trinajstić information content (AvgIpc) is 3.28. The summed E-state index contributed by atoms with van der Waals surface area (Å²) in [5, 5.41) is 0. The predicted molar refractivity (Wildman–Crippen MR) is 91.1 cm³/mol. The number of ether oxygens (including phenoxy) is 1. The van der Waals surface area contributed by atoms with Crippen LogP contribution in [0.2, 0.25) is 0 Å². The molecule has 6 heteroatoms. The van der Waals surface area contributed by atoms with E-state index in [0.717, 1.165) is 24.2 Å². The van der Waals surface area contributed by atoms with Crippen LogP contribution in [-0.2, 0) is 14.6 Å². The number of amides is 1. The summed E-state index contributed by atoms with van der Waals surface area (Å²) in [7, 11) is -1.53. The second kappa shape index (κ2) is 7.17. The SMILES string of the molecule is COc1cccc(/C=C/C(=O)N(C2CC2)[C@@H](C)CS(C)(=O)=O)c1. The minimum Gasteiger partial charge on any atom is -0.497 e. The van der Waals surface area contributed by atoms with Crippen molar-refractivity contribution in [2.24, 2.45) is 0 Å². The summed E-state index contributed by atoms with van der Waals surface area (Å²) in [6.45, 7) is 1.79. The predicted octanol–water partition coefficient (Wildman–Crippen LogP) is 2.13. The van der Waals surface area contributed by atoms with Crippen molar-refractivity contribution in [2.45, 2.75) is 31.8 Å². The van der Waals surface area contributed by atoms with Gasteiger partial charge in [-0.25, -0.2) is 8.42 Å². The maximum atomic E-state index is 12.5. The first kappa shape index (κ1) is 17.5. The van der Waals surface area contributed by atoms with Crippen molar-refractivity contribution >= 4 is 21.8 Å². The molecular weight excluding hydrogens is 314 g/mol. The van der Waals surface area contributed by atoms with E-state index in [2.05, 4.69) is 0 Å². The average molecular weight is 337 g/mol. The lowest BCUT2D eigenvalue weighted by atomic mass is 10.2. The molecule has 1 aliphatic rings. The fraction of sp³-hybridized carbons (Fsp3) is 0.471. The highest BCUT2D eigenvalue weighted by Crippen LogP contribution is 2.29. The summed E-state index contributed by atoms with van der Waals surface area (Å²) in [5.41, 5.74) is 0.865. The smallest absolute Gasteiger partial charge is 0.247 e. The van der Waals surface area contributed by atoms with Crippen LogP contribution in [0, 0.1) is 0 Å². The molecule has 23 heavy (non-hydrogen) atoms. The molecule has 1 aromatic rings. The van der Waals surface area contributed by atoms with Crippen LogP contribution in [0.3, 0.4) is 0 Å². The number of carbonyl (C=O) groups is 1. The van der Waals surface area contributed by atoms with Crippen molar-refractivity contribution < 1.29 is 17.9 Å². The molecule has 0 radical (unpaired) electrons. The van der Waals surface area contributed by atoms with Gasteiger partial charge in [-0.05, 0) is 43.5 Å². The van der Waals surface area contributed by atoms with Crippen LogP contribution in [0.15, 0.2) is 30.3 Å². The van der Waals surface area contributed by atoms with Gasteiger partial charge in [0.2, 0.25) is 5.91 Å². The molecular formula is C17H23NO4S. The van der Waals surface area contributed by atoms with Crippen LogP contribution in [-0.4, -0.2) is 50.4 Å². The van der Waals surface area contributed by atoms with Gasteiger partial charge in [0.15, 0.2) is 0 Å². The number of methoxy groups -OCH3 is 1. The fourth-order valence-corrected chi connectivity index (χ4v) is 3.66. The second-order valence-corrected chi connectivity index (χ2v) is 8.21. The highest BCUT2D eigenvalue weighted by Gasteiger charge is 2.35. The Kier molecular flexibility index (Phi) is 5.46. The maximum Gasteiger partial charge on any atom is 0.247 e. The van der Waals surface area contributed by atoms with Crippen LogP contribution in [0.25, 0.3) is 6.08 Å². The third-order valence-corrected chi connectivity index (χ3v) is 4.81. The van der Waals surface area contributed by atoms with Gasteiger partial charge < -0.3 is 9.64 Å². The summed E-state index contributed by atoms with van der Waals surface area (Å²) >= 11 is 0. The standard InChI is InChI=1S/C17H23NO4S/c1-13(12-23(3,20)21)18(15-8-9-15)17(19)10-7-14-5-4-6-16(11-14)22-2/h4-7,10-11,13,15H,8-9,12H2,1-3H3/b10-7+/t13-/m0/s1. The summed E-state index contributed by atoms with van der Waals surface area (Å²) in [6.07, 6.45) is 6.31. The minimum absolute atomic E-state index is 0.0117. The summed E-state index contributed by atoms with van der Waals surface area (Å²) < 4.78 is 28.1. The zero-order chi connectivity index (χ0) is 17.0. The number of carbonyl (C=O) groups excluding carboxylic acids is 1. The summed E-state index contributed by atoms with van der Waals surface area (Å²) in [6, 6.07) is 7.26. The van der Waals surface area contributed by atoms with Crippen LogP contribution in [0.5, 0.6) is 5.75 Å². The number of benzene rings is 1. The van der Waals surface area contributed by atoms with Gasteiger partial charge >= 0.3 is 0 Å².